The Balaban J connectivity index is 1.95. The Kier molecular flexibility index (Phi) is 4.48. The van der Waals surface area contributed by atoms with Gasteiger partial charge < -0.3 is 21.5 Å². The second-order valence-electron chi connectivity index (χ2n) is 4.77. The van der Waals surface area contributed by atoms with Crippen molar-refractivity contribution in [2.75, 3.05) is 13.1 Å². The lowest BCUT2D eigenvalue weighted by atomic mass is 10.1. The number of hydrogen-bond donors (Lipinski definition) is 4. The molecule has 0 radical (unpaired) electrons. The topological polar surface area (TPSA) is 152 Å². The molecule has 114 valence electrons. The number of rotatable bonds is 7. The summed E-state index contributed by atoms with van der Waals surface area (Å²) in [6, 6.07) is -1.04. The Bertz CT molecular complexity index is 553. The van der Waals surface area contributed by atoms with Crippen LogP contribution >= 0.6 is 0 Å². The average molecular weight is 296 g/mol. The van der Waals surface area contributed by atoms with Crippen molar-refractivity contribution >= 4 is 17.8 Å². The third kappa shape index (κ3) is 3.75. The van der Waals surface area contributed by atoms with E-state index in [1.54, 1.807) is 4.68 Å². The van der Waals surface area contributed by atoms with Crippen LogP contribution in [0.3, 0.4) is 0 Å². The molecule has 1 atom stereocenters. The van der Waals surface area contributed by atoms with Crippen LogP contribution in [0, 0.1) is 0 Å². The van der Waals surface area contributed by atoms with Gasteiger partial charge in [-0.2, -0.15) is 0 Å². The third-order valence-electron chi connectivity index (χ3n) is 3.16. The van der Waals surface area contributed by atoms with E-state index in [4.69, 9.17) is 10.8 Å². The van der Waals surface area contributed by atoms with E-state index in [1.165, 1.54) is 6.20 Å². The Labute approximate surface area is 119 Å². The Morgan fingerprint density at radius 3 is 2.76 bits per heavy atom. The van der Waals surface area contributed by atoms with Gasteiger partial charge >= 0.3 is 5.97 Å². The van der Waals surface area contributed by atoms with Crippen LogP contribution in [0.1, 0.15) is 29.4 Å². The van der Waals surface area contributed by atoms with Crippen molar-refractivity contribution in [1.82, 2.24) is 25.6 Å². The molecule has 1 aliphatic rings. The van der Waals surface area contributed by atoms with Crippen LogP contribution in [0.2, 0.25) is 0 Å². The normalized spacial score (nSPS) is 16.0. The first-order valence-corrected chi connectivity index (χ1v) is 6.42. The van der Waals surface area contributed by atoms with Gasteiger partial charge in [0.05, 0.1) is 12.2 Å². The minimum atomic E-state index is -1.24. The zero-order chi connectivity index (χ0) is 15.4. The highest BCUT2D eigenvalue weighted by atomic mass is 16.4. The Morgan fingerprint density at radius 1 is 1.52 bits per heavy atom. The van der Waals surface area contributed by atoms with Crippen molar-refractivity contribution in [3.63, 3.8) is 0 Å². The Hall–Kier alpha value is -2.49. The van der Waals surface area contributed by atoms with Crippen molar-refractivity contribution in [3.05, 3.63) is 11.9 Å². The lowest BCUT2D eigenvalue weighted by molar-refractivity contribution is -0.139. The van der Waals surface area contributed by atoms with Gasteiger partial charge in [0.1, 0.15) is 6.04 Å². The van der Waals surface area contributed by atoms with Gasteiger partial charge in [-0.3, -0.25) is 9.59 Å². The number of hydrogen-bond acceptors (Lipinski definition) is 6. The molecule has 1 aromatic rings. The van der Waals surface area contributed by atoms with Crippen LogP contribution in [-0.2, 0) is 9.59 Å². The maximum absolute atomic E-state index is 11.9. The molecule has 0 aromatic carbocycles. The monoisotopic (exact) mass is 296 g/mol. The van der Waals surface area contributed by atoms with Crippen LogP contribution in [0.15, 0.2) is 6.20 Å². The summed E-state index contributed by atoms with van der Waals surface area (Å²) in [5, 5.41) is 21.9. The molecule has 1 aromatic heterocycles. The molecule has 0 spiro atoms. The van der Waals surface area contributed by atoms with Gasteiger partial charge in [-0.05, 0) is 6.42 Å². The number of carboxylic acid groups (broad SMARTS) is 1. The van der Waals surface area contributed by atoms with Crippen molar-refractivity contribution in [2.45, 2.75) is 24.9 Å². The summed E-state index contributed by atoms with van der Waals surface area (Å²) in [7, 11) is 0. The van der Waals surface area contributed by atoms with Crippen LogP contribution in [0.25, 0.3) is 0 Å². The van der Waals surface area contributed by atoms with Crippen molar-refractivity contribution < 1.29 is 19.5 Å². The van der Waals surface area contributed by atoms with Gasteiger partial charge in [-0.25, -0.2) is 9.48 Å². The minimum Gasteiger partial charge on any atom is -0.480 e. The number of aromatic nitrogens is 3. The quantitative estimate of drug-likeness (QED) is 0.448. The molecule has 1 saturated heterocycles. The van der Waals surface area contributed by atoms with E-state index in [0.717, 1.165) is 13.1 Å². The lowest BCUT2D eigenvalue weighted by Crippen LogP contribution is -2.43. The first-order valence-electron chi connectivity index (χ1n) is 6.42. The largest absolute Gasteiger partial charge is 0.480 e. The molecule has 2 heterocycles. The molecule has 21 heavy (non-hydrogen) atoms. The SMILES string of the molecule is NC(=O)CC[C@H](NC(=O)c1cn(C2CNC2)nn1)C(=O)O. The maximum Gasteiger partial charge on any atom is 0.326 e. The van der Waals surface area contributed by atoms with Crippen LogP contribution in [-0.4, -0.2) is 57.0 Å². The highest BCUT2D eigenvalue weighted by Gasteiger charge is 2.25. The summed E-state index contributed by atoms with van der Waals surface area (Å²) in [6.45, 7) is 1.50. The number of nitrogens with zero attached hydrogens (tertiary/aromatic N) is 3. The molecule has 10 nitrogen and oxygen atoms in total. The lowest BCUT2D eigenvalue weighted by Gasteiger charge is -2.26. The van der Waals surface area contributed by atoms with E-state index < -0.39 is 23.8 Å². The molecule has 5 N–H and O–H groups in total. The molecule has 0 unspecified atom stereocenters. The van der Waals surface area contributed by atoms with E-state index in [-0.39, 0.29) is 24.6 Å². The van der Waals surface area contributed by atoms with Crippen molar-refractivity contribution in [1.29, 1.82) is 0 Å². The van der Waals surface area contributed by atoms with E-state index in [0.29, 0.717) is 0 Å². The third-order valence-corrected chi connectivity index (χ3v) is 3.16. The molecule has 1 aliphatic heterocycles. The smallest absolute Gasteiger partial charge is 0.326 e. The maximum atomic E-state index is 11.9. The van der Waals surface area contributed by atoms with Gasteiger partial charge in [0, 0.05) is 19.5 Å². The number of aliphatic carboxylic acids is 1. The van der Waals surface area contributed by atoms with E-state index in [1.807, 2.05) is 0 Å². The minimum absolute atomic E-state index is 0.0345. The Morgan fingerprint density at radius 2 is 2.24 bits per heavy atom. The highest BCUT2D eigenvalue weighted by Crippen LogP contribution is 2.10. The van der Waals surface area contributed by atoms with Gasteiger partial charge in [-0.15, -0.1) is 5.10 Å². The molecule has 0 bridgehead atoms. The number of carbonyl (C=O) groups is 3. The van der Waals surface area contributed by atoms with Crippen molar-refractivity contribution in [3.8, 4) is 0 Å². The van der Waals surface area contributed by atoms with E-state index in [9.17, 15) is 14.4 Å². The van der Waals surface area contributed by atoms with Gasteiger partial charge in [-0.1, -0.05) is 5.21 Å². The summed E-state index contributed by atoms with van der Waals surface area (Å²) in [6.07, 6.45) is 1.27. The van der Waals surface area contributed by atoms with Crippen LogP contribution < -0.4 is 16.4 Å². The van der Waals surface area contributed by atoms with E-state index in [2.05, 4.69) is 20.9 Å². The fraction of sp³-hybridized carbons (Fsp3) is 0.545. The predicted molar refractivity (Wildman–Crippen MR) is 69.2 cm³/mol. The van der Waals surface area contributed by atoms with Crippen LogP contribution in [0.5, 0.6) is 0 Å². The van der Waals surface area contributed by atoms with Gasteiger partial charge in [0.15, 0.2) is 5.69 Å². The fourth-order valence-corrected chi connectivity index (χ4v) is 1.80. The summed E-state index contributed by atoms with van der Waals surface area (Å²) in [5.41, 5.74) is 5.00. The predicted octanol–water partition coefficient (Wildman–Crippen LogP) is -2.13. The molecule has 10 heteroatoms. The molecule has 2 amide bonds. The number of carboxylic acids is 1. The van der Waals surface area contributed by atoms with Crippen LogP contribution in [0.4, 0.5) is 0 Å². The number of nitrogens with one attached hydrogen (secondary N) is 2. The number of amides is 2. The second-order valence-corrected chi connectivity index (χ2v) is 4.77. The molecule has 2 rings (SSSR count). The average Bonchev–Trinajstić information content (AvgIpc) is 2.80. The number of primary amides is 1. The molecular weight excluding hydrogens is 280 g/mol. The first kappa shape index (κ1) is 14.9. The van der Waals surface area contributed by atoms with Gasteiger partial charge in [0.2, 0.25) is 5.91 Å². The molecule has 0 saturated carbocycles. The van der Waals surface area contributed by atoms with E-state index >= 15 is 0 Å². The zero-order valence-electron chi connectivity index (χ0n) is 11.2. The molecule has 1 fully saturated rings. The fourth-order valence-electron chi connectivity index (χ4n) is 1.80. The van der Waals surface area contributed by atoms with Crippen molar-refractivity contribution in [2.24, 2.45) is 5.73 Å². The zero-order valence-corrected chi connectivity index (χ0v) is 11.2. The van der Waals surface area contributed by atoms with Gasteiger partial charge in [0.25, 0.3) is 5.91 Å². The summed E-state index contributed by atoms with van der Waals surface area (Å²) >= 11 is 0. The first-order chi connectivity index (χ1) is 9.97. The summed E-state index contributed by atoms with van der Waals surface area (Å²) < 4.78 is 1.56. The highest BCUT2D eigenvalue weighted by molar-refractivity contribution is 5.94. The molecular formula is C11H16N6O4. The number of carbonyl (C=O) groups excluding carboxylic acids is 2. The second kappa shape index (κ2) is 6.31. The summed E-state index contributed by atoms with van der Waals surface area (Å²) in [5.74, 6) is -2.51. The molecule has 0 aliphatic carbocycles. The number of nitrogens with two attached hydrogens (primary N) is 1. The standard InChI is InChI=1S/C11H16N6O4/c12-9(18)2-1-7(11(20)21)14-10(19)8-5-17(16-15-8)6-3-13-4-6/h5-7,13H,1-4H2,(H2,12,18)(H,14,19)(H,20,21)/t7-/m0/s1. The summed E-state index contributed by atoms with van der Waals surface area (Å²) in [4.78, 5) is 33.6.